The van der Waals surface area contributed by atoms with Crippen LogP contribution in [0.1, 0.15) is 22.6 Å². The van der Waals surface area contributed by atoms with Gasteiger partial charge in [-0.2, -0.15) is 10.4 Å². The molecule has 2 rings (SSSR count). The minimum absolute atomic E-state index is 0.522. The number of nitrogens with zero attached hydrogens (tertiary/aromatic N) is 4. The molecule has 0 saturated carbocycles. The van der Waals surface area contributed by atoms with Crippen molar-refractivity contribution in [2.75, 3.05) is 0 Å². The van der Waals surface area contributed by atoms with Crippen LogP contribution in [-0.4, -0.2) is 14.8 Å². The fourth-order valence-electron chi connectivity index (χ4n) is 1.62. The van der Waals surface area contributed by atoms with E-state index in [2.05, 4.69) is 32.1 Å². The van der Waals surface area contributed by atoms with Gasteiger partial charge in [-0.05, 0) is 48.8 Å². The van der Waals surface area contributed by atoms with Gasteiger partial charge < -0.3 is 0 Å². The first kappa shape index (κ1) is 11.8. The Labute approximate surface area is 108 Å². The Morgan fingerprint density at radius 2 is 2.00 bits per heavy atom. The summed E-state index contributed by atoms with van der Waals surface area (Å²) in [6, 6.07) is 5.73. The lowest BCUT2D eigenvalue weighted by atomic mass is 10.2. The van der Waals surface area contributed by atoms with Crippen LogP contribution in [0.5, 0.6) is 0 Å². The summed E-state index contributed by atoms with van der Waals surface area (Å²) in [5.41, 5.74) is 3.21. The Morgan fingerprint density at radius 3 is 2.53 bits per heavy atom. The highest BCUT2D eigenvalue weighted by Crippen LogP contribution is 2.23. The first-order chi connectivity index (χ1) is 8.04. The molecule has 2 aromatic heterocycles. The van der Waals surface area contributed by atoms with E-state index in [1.54, 1.807) is 10.7 Å². The van der Waals surface area contributed by atoms with Gasteiger partial charge in [-0.15, -0.1) is 0 Å². The van der Waals surface area contributed by atoms with Gasteiger partial charge in [-0.1, -0.05) is 0 Å². The van der Waals surface area contributed by atoms with Crippen LogP contribution in [0.2, 0.25) is 0 Å². The first-order valence-corrected chi connectivity index (χ1v) is 5.93. The van der Waals surface area contributed by atoms with Crippen molar-refractivity contribution in [1.29, 1.82) is 5.26 Å². The lowest BCUT2D eigenvalue weighted by Crippen LogP contribution is -2.05. The van der Waals surface area contributed by atoms with Gasteiger partial charge in [0.1, 0.15) is 6.07 Å². The number of aryl methyl sites for hydroxylation is 2. The molecule has 4 nitrogen and oxygen atoms in total. The molecule has 0 spiro atoms. The summed E-state index contributed by atoms with van der Waals surface area (Å²) >= 11 is 3.47. The van der Waals surface area contributed by atoms with Crippen LogP contribution in [0.25, 0.3) is 5.82 Å². The fraction of sp³-hybridized carbons (Fsp3) is 0.250. The van der Waals surface area contributed by atoms with Crippen LogP contribution in [0, 0.1) is 32.1 Å². The number of hydrogen-bond acceptors (Lipinski definition) is 3. The van der Waals surface area contributed by atoms with Gasteiger partial charge in [-0.3, -0.25) is 0 Å². The topological polar surface area (TPSA) is 54.5 Å². The molecule has 0 N–H and O–H groups in total. The molecular formula is C12H11BrN4. The van der Waals surface area contributed by atoms with E-state index in [4.69, 9.17) is 5.26 Å². The average molecular weight is 291 g/mol. The molecule has 0 atom stereocenters. The van der Waals surface area contributed by atoms with Gasteiger partial charge in [0.05, 0.1) is 21.4 Å². The second kappa shape index (κ2) is 4.30. The predicted molar refractivity (Wildman–Crippen MR) is 68.0 cm³/mol. The highest BCUT2D eigenvalue weighted by atomic mass is 79.9. The minimum Gasteiger partial charge on any atom is -0.233 e. The van der Waals surface area contributed by atoms with Gasteiger partial charge in [-0.25, -0.2) is 9.67 Å². The molecule has 0 unspecified atom stereocenters. The maximum atomic E-state index is 9.09. The van der Waals surface area contributed by atoms with Crippen molar-refractivity contribution >= 4 is 15.9 Å². The van der Waals surface area contributed by atoms with Gasteiger partial charge >= 0.3 is 0 Å². The van der Waals surface area contributed by atoms with Gasteiger partial charge in [0.2, 0.25) is 0 Å². The maximum absolute atomic E-state index is 9.09. The number of rotatable bonds is 1. The number of halogens is 1. The Kier molecular flexibility index (Phi) is 2.99. The van der Waals surface area contributed by atoms with Crippen molar-refractivity contribution in [2.24, 2.45) is 0 Å². The monoisotopic (exact) mass is 290 g/mol. The molecule has 0 saturated heterocycles. The van der Waals surface area contributed by atoms with Crippen LogP contribution in [-0.2, 0) is 0 Å². The SMILES string of the molecule is Cc1ccc(C#N)c(-n2nc(C)c(Br)c2C)n1. The Morgan fingerprint density at radius 1 is 1.29 bits per heavy atom. The molecule has 17 heavy (non-hydrogen) atoms. The summed E-state index contributed by atoms with van der Waals surface area (Å²) in [5, 5.41) is 13.5. The third kappa shape index (κ3) is 1.96. The average Bonchev–Trinajstić information content (AvgIpc) is 2.57. The molecule has 0 radical (unpaired) electrons. The zero-order valence-corrected chi connectivity index (χ0v) is 11.4. The van der Waals surface area contributed by atoms with Crippen molar-refractivity contribution in [1.82, 2.24) is 14.8 Å². The lowest BCUT2D eigenvalue weighted by molar-refractivity contribution is 0.798. The molecule has 0 aromatic carbocycles. The Bertz CT molecular complexity index is 622. The van der Waals surface area contributed by atoms with Gasteiger partial charge in [0.15, 0.2) is 5.82 Å². The number of aromatic nitrogens is 3. The third-order valence-corrected chi connectivity index (χ3v) is 3.69. The quantitative estimate of drug-likeness (QED) is 0.811. The highest BCUT2D eigenvalue weighted by Gasteiger charge is 2.14. The smallest absolute Gasteiger partial charge is 0.171 e. The van der Waals surface area contributed by atoms with Crippen molar-refractivity contribution in [3.05, 3.63) is 39.3 Å². The standard InChI is InChI=1S/C12H11BrN4/c1-7-4-5-10(6-14)12(15-7)17-9(3)11(13)8(2)16-17/h4-5H,1-3H3. The molecule has 0 aliphatic carbocycles. The fourth-order valence-corrected chi connectivity index (χ4v) is 1.87. The molecule has 86 valence electrons. The summed E-state index contributed by atoms with van der Waals surface area (Å²) in [5.74, 6) is 0.582. The van der Waals surface area contributed by atoms with Crippen LogP contribution in [0.15, 0.2) is 16.6 Å². The van der Waals surface area contributed by atoms with E-state index >= 15 is 0 Å². The zero-order chi connectivity index (χ0) is 12.6. The van der Waals surface area contributed by atoms with Crippen molar-refractivity contribution in [3.8, 4) is 11.9 Å². The van der Waals surface area contributed by atoms with Crippen LogP contribution in [0.4, 0.5) is 0 Å². The summed E-state index contributed by atoms with van der Waals surface area (Å²) < 4.78 is 2.65. The summed E-state index contributed by atoms with van der Waals surface area (Å²) in [7, 11) is 0. The van der Waals surface area contributed by atoms with E-state index in [1.807, 2.05) is 26.8 Å². The number of nitriles is 1. The van der Waals surface area contributed by atoms with E-state index in [0.717, 1.165) is 21.6 Å². The second-order valence-electron chi connectivity index (χ2n) is 3.83. The molecule has 0 aliphatic heterocycles. The highest BCUT2D eigenvalue weighted by molar-refractivity contribution is 9.10. The van der Waals surface area contributed by atoms with Crippen molar-refractivity contribution in [3.63, 3.8) is 0 Å². The maximum Gasteiger partial charge on any atom is 0.171 e. The van der Waals surface area contributed by atoms with E-state index < -0.39 is 0 Å². The van der Waals surface area contributed by atoms with Gasteiger partial charge in [0.25, 0.3) is 0 Å². The van der Waals surface area contributed by atoms with E-state index in [0.29, 0.717) is 11.4 Å². The summed E-state index contributed by atoms with van der Waals surface area (Å²) in [6.45, 7) is 5.75. The van der Waals surface area contributed by atoms with E-state index in [1.165, 1.54) is 0 Å². The molecule has 5 heteroatoms. The minimum atomic E-state index is 0.522. The van der Waals surface area contributed by atoms with Crippen LogP contribution in [0.3, 0.4) is 0 Å². The predicted octanol–water partition coefficient (Wildman–Crippen LogP) is 2.83. The molecule has 2 aromatic rings. The Balaban J connectivity index is 2.72. The molecule has 0 fully saturated rings. The molecule has 0 aliphatic rings. The summed E-state index contributed by atoms with van der Waals surface area (Å²) in [6.07, 6.45) is 0. The molecule has 2 heterocycles. The molecule has 0 bridgehead atoms. The van der Waals surface area contributed by atoms with Crippen LogP contribution < -0.4 is 0 Å². The zero-order valence-electron chi connectivity index (χ0n) is 9.82. The van der Waals surface area contributed by atoms with E-state index in [-0.39, 0.29) is 0 Å². The third-order valence-electron chi connectivity index (χ3n) is 2.54. The molecule has 0 amide bonds. The normalized spacial score (nSPS) is 10.3. The number of pyridine rings is 1. The van der Waals surface area contributed by atoms with Crippen molar-refractivity contribution < 1.29 is 0 Å². The van der Waals surface area contributed by atoms with Crippen molar-refractivity contribution in [2.45, 2.75) is 20.8 Å². The Hall–Kier alpha value is -1.67. The van der Waals surface area contributed by atoms with E-state index in [9.17, 15) is 0 Å². The summed E-state index contributed by atoms with van der Waals surface area (Å²) in [4.78, 5) is 4.39. The molecular weight excluding hydrogens is 280 g/mol. The van der Waals surface area contributed by atoms with Gasteiger partial charge in [0, 0.05) is 5.69 Å². The number of hydrogen-bond donors (Lipinski definition) is 0. The largest absolute Gasteiger partial charge is 0.233 e. The lowest BCUT2D eigenvalue weighted by Gasteiger charge is -2.06. The first-order valence-electron chi connectivity index (χ1n) is 5.14. The van der Waals surface area contributed by atoms with Crippen LogP contribution >= 0.6 is 15.9 Å². The second-order valence-corrected chi connectivity index (χ2v) is 4.63.